The molecule has 152 valence electrons. The number of carbonyl (C=O) groups excluding carboxylic acids is 2. The smallest absolute Gasteiger partial charge is 0.253 e. The first-order valence-corrected chi connectivity index (χ1v) is 11.9. The maximum absolute atomic E-state index is 12.7. The molecule has 1 aliphatic heterocycles. The molecule has 1 N–H and O–H groups in total. The van der Waals surface area contributed by atoms with E-state index in [1.807, 2.05) is 40.9 Å². The minimum absolute atomic E-state index is 0.0384. The van der Waals surface area contributed by atoms with Gasteiger partial charge < -0.3 is 10.2 Å². The van der Waals surface area contributed by atoms with Crippen LogP contribution in [-0.4, -0.2) is 64.8 Å². The number of nitrogens with zero attached hydrogens (tertiary/aromatic N) is 2. The second-order valence-electron chi connectivity index (χ2n) is 8.23. The van der Waals surface area contributed by atoms with Crippen molar-refractivity contribution in [2.75, 3.05) is 36.5 Å². The molecule has 1 aromatic carbocycles. The van der Waals surface area contributed by atoms with E-state index < -0.39 is 0 Å². The molecule has 4 rings (SSSR count). The van der Waals surface area contributed by atoms with Crippen molar-refractivity contribution in [1.29, 1.82) is 0 Å². The lowest BCUT2D eigenvalue weighted by Crippen LogP contribution is -2.43. The maximum Gasteiger partial charge on any atom is 0.253 e. The Balaban J connectivity index is 1.36. The lowest BCUT2D eigenvalue weighted by Gasteiger charge is -2.34. The molecule has 0 atom stereocenters. The first kappa shape index (κ1) is 19.8. The van der Waals surface area contributed by atoms with E-state index in [0.29, 0.717) is 24.2 Å². The predicted octanol–water partition coefficient (Wildman–Crippen LogP) is 3.61. The number of carbonyl (C=O) groups is 2. The van der Waals surface area contributed by atoms with E-state index in [-0.39, 0.29) is 11.8 Å². The SMILES string of the molecule is O=C(CN(C1CCCCC1)C1CC1)Nc1cccc(C(=O)N2CCSCC2)c1. The van der Waals surface area contributed by atoms with Crippen LogP contribution in [0.5, 0.6) is 0 Å². The van der Waals surface area contributed by atoms with E-state index in [1.54, 1.807) is 0 Å². The second-order valence-corrected chi connectivity index (χ2v) is 9.45. The van der Waals surface area contributed by atoms with Crippen LogP contribution in [0.1, 0.15) is 55.3 Å². The minimum Gasteiger partial charge on any atom is -0.337 e. The summed E-state index contributed by atoms with van der Waals surface area (Å²) in [5, 5.41) is 3.04. The van der Waals surface area contributed by atoms with Crippen LogP contribution >= 0.6 is 11.8 Å². The predicted molar refractivity (Wildman–Crippen MR) is 115 cm³/mol. The summed E-state index contributed by atoms with van der Waals surface area (Å²) in [6.45, 7) is 2.08. The summed E-state index contributed by atoms with van der Waals surface area (Å²) in [6.07, 6.45) is 8.80. The van der Waals surface area contributed by atoms with E-state index in [1.165, 1.54) is 44.9 Å². The zero-order valence-electron chi connectivity index (χ0n) is 16.6. The van der Waals surface area contributed by atoms with E-state index in [4.69, 9.17) is 0 Å². The number of thioether (sulfide) groups is 1. The van der Waals surface area contributed by atoms with Crippen molar-refractivity contribution in [2.24, 2.45) is 0 Å². The van der Waals surface area contributed by atoms with Gasteiger partial charge >= 0.3 is 0 Å². The van der Waals surface area contributed by atoms with Crippen LogP contribution in [0.2, 0.25) is 0 Å². The lowest BCUT2D eigenvalue weighted by atomic mass is 9.94. The Morgan fingerprint density at radius 2 is 1.75 bits per heavy atom. The average Bonchev–Trinajstić information content (AvgIpc) is 3.58. The Hall–Kier alpha value is -1.53. The van der Waals surface area contributed by atoms with Crippen LogP contribution in [0.15, 0.2) is 24.3 Å². The maximum atomic E-state index is 12.7. The van der Waals surface area contributed by atoms with Gasteiger partial charge in [0.05, 0.1) is 6.54 Å². The van der Waals surface area contributed by atoms with Crippen molar-refractivity contribution in [3.63, 3.8) is 0 Å². The Labute approximate surface area is 172 Å². The summed E-state index contributed by atoms with van der Waals surface area (Å²) < 4.78 is 0. The van der Waals surface area contributed by atoms with Gasteiger partial charge in [0.1, 0.15) is 0 Å². The fourth-order valence-corrected chi connectivity index (χ4v) is 5.32. The molecule has 1 aromatic rings. The Morgan fingerprint density at radius 1 is 1.04 bits per heavy atom. The lowest BCUT2D eigenvalue weighted by molar-refractivity contribution is -0.118. The van der Waals surface area contributed by atoms with Crippen LogP contribution in [0.25, 0.3) is 0 Å². The van der Waals surface area contributed by atoms with E-state index in [0.717, 1.165) is 30.3 Å². The zero-order valence-corrected chi connectivity index (χ0v) is 17.4. The molecule has 0 unspecified atom stereocenters. The summed E-state index contributed by atoms with van der Waals surface area (Å²) in [6, 6.07) is 8.57. The molecule has 3 fully saturated rings. The molecule has 5 nitrogen and oxygen atoms in total. The summed E-state index contributed by atoms with van der Waals surface area (Å²) in [5.41, 5.74) is 1.39. The molecule has 28 heavy (non-hydrogen) atoms. The molecule has 0 spiro atoms. The van der Waals surface area contributed by atoms with Crippen molar-refractivity contribution in [3.05, 3.63) is 29.8 Å². The monoisotopic (exact) mass is 401 g/mol. The van der Waals surface area contributed by atoms with E-state index in [2.05, 4.69) is 10.2 Å². The van der Waals surface area contributed by atoms with Gasteiger partial charge in [0.15, 0.2) is 0 Å². The van der Waals surface area contributed by atoms with Crippen LogP contribution in [0, 0.1) is 0 Å². The van der Waals surface area contributed by atoms with Crippen LogP contribution in [0.4, 0.5) is 5.69 Å². The topological polar surface area (TPSA) is 52.7 Å². The van der Waals surface area contributed by atoms with Crippen LogP contribution in [-0.2, 0) is 4.79 Å². The summed E-state index contributed by atoms with van der Waals surface area (Å²) in [7, 11) is 0. The van der Waals surface area contributed by atoms with Gasteiger partial charge in [-0.1, -0.05) is 25.3 Å². The molecule has 2 aliphatic carbocycles. The third-order valence-corrected chi connectivity index (χ3v) is 7.02. The Morgan fingerprint density at radius 3 is 2.46 bits per heavy atom. The fraction of sp³-hybridized carbons (Fsp3) is 0.636. The number of benzene rings is 1. The molecule has 0 bridgehead atoms. The second kappa shape index (κ2) is 9.31. The van der Waals surface area contributed by atoms with Crippen LogP contribution < -0.4 is 5.32 Å². The van der Waals surface area contributed by atoms with Crippen LogP contribution in [0.3, 0.4) is 0 Å². The molecule has 0 radical (unpaired) electrons. The number of hydrogen-bond acceptors (Lipinski definition) is 4. The highest BCUT2D eigenvalue weighted by molar-refractivity contribution is 7.99. The molecular weight excluding hydrogens is 370 g/mol. The number of amides is 2. The molecule has 3 aliphatic rings. The first-order chi connectivity index (χ1) is 13.7. The minimum atomic E-state index is 0.0384. The third-order valence-electron chi connectivity index (χ3n) is 6.08. The van der Waals surface area contributed by atoms with Crippen molar-refractivity contribution >= 4 is 29.3 Å². The van der Waals surface area contributed by atoms with Gasteiger partial charge in [-0.15, -0.1) is 0 Å². The quantitative estimate of drug-likeness (QED) is 0.791. The van der Waals surface area contributed by atoms with Gasteiger partial charge in [-0.3, -0.25) is 14.5 Å². The zero-order chi connectivity index (χ0) is 19.3. The Kier molecular flexibility index (Phi) is 6.58. The normalized spacial score (nSPS) is 21.0. The summed E-state index contributed by atoms with van der Waals surface area (Å²) in [5.74, 6) is 2.11. The van der Waals surface area contributed by atoms with Crippen molar-refractivity contribution in [1.82, 2.24) is 9.80 Å². The van der Waals surface area contributed by atoms with Crippen molar-refractivity contribution in [3.8, 4) is 0 Å². The van der Waals surface area contributed by atoms with Gasteiger partial charge in [0.2, 0.25) is 5.91 Å². The molecule has 2 amide bonds. The van der Waals surface area contributed by atoms with Gasteiger partial charge in [-0.05, 0) is 43.9 Å². The molecule has 0 aromatic heterocycles. The number of hydrogen-bond donors (Lipinski definition) is 1. The van der Waals surface area contributed by atoms with Gasteiger partial charge in [-0.2, -0.15) is 11.8 Å². The highest BCUT2D eigenvalue weighted by atomic mass is 32.2. The third kappa shape index (κ3) is 5.09. The molecular formula is C22H31N3O2S. The largest absolute Gasteiger partial charge is 0.337 e. The summed E-state index contributed by atoms with van der Waals surface area (Å²) >= 11 is 1.89. The first-order valence-electron chi connectivity index (χ1n) is 10.7. The molecule has 2 saturated carbocycles. The average molecular weight is 402 g/mol. The number of rotatable bonds is 6. The van der Waals surface area contributed by atoms with E-state index in [9.17, 15) is 9.59 Å². The standard InChI is InChI=1S/C22H31N3O2S/c26-21(16-25(20-9-10-20)19-7-2-1-3-8-19)23-18-6-4-5-17(15-18)22(27)24-11-13-28-14-12-24/h4-6,15,19-20H,1-3,7-14,16H2,(H,23,26). The van der Waals surface area contributed by atoms with E-state index >= 15 is 0 Å². The summed E-state index contributed by atoms with van der Waals surface area (Å²) in [4.78, 5) is 29.8. The molecule has 1 heterocycles. The van der Waals surface area contributed by atoms with Gasteiger partial charge in [-0.25, -0.2) is 0 Å². The fourth-order valence-electron chi connectivity index (χ4n) is 4.42. The van der Waals surface area contributed by atoms with Gasteiger partial charge in [0, 0.05) is 47.9 Å². The highest BCUT2D eigenvalue weighted by Crippen LogP contribution is 2.33. The molecule has 1 saturated heterocycles. The number of nitrogens with one attached hydrogen (secondary N) is 1. The molecule has 6 heteroatoms. The van der Waals surface area contributed by atoms with Crippen molar-refractivity contribution < 1.29 is 9.59 Å². The highest BCUT2D eigenvalue weighted by Gasteiger charge is 2.35. The van der Waals surface area contributed by atoms with Crippen molar-refractivity contribution in [2.45, 2.75) is 57.0 Å². The number of anilines is 1. The Bertz CT molecular complexity index is 695. The van der Waals surface area contributed by atoms with Gasteiger partial charge in [0.25, 0.3) is 5.91 Å².